The van der Waals surface area contributed by atoms with Crippen molar-refractivity contribution in [3.05, 3.63) is 84.7 Å². The van der Waals surface area contributed by atoms with Gasteiger partial charge in [0, 0.05) is 42.4 Å². The number of aromatic nitrogens is 3. The van der Waals surface area contributed by atoms with Crippen LogP contribution in [0.4, 0.5) is 5.82 Å². The molecule has 0 amide bonds. The maximum Gasteiger partial charge on any atom is 0.162 e. The van der Waals surface area contributed by atoms with Gasteiger partial charge in [0.05, 0.1) is 5.52 Å². The molecule has 2 N–H and O–H groups in total. The van der Waals surface area contributed by atoms with Crippen LogP contribution in [-0.2, 0) is 0 Å². The van der Waals surface area contributed by atoms with Crippen molar-refractivity contribution in [3.63, 3.8) is 0 Å². The molecule has 0 aliphatic carbocycles. The molecule has 1 unspecified atom stereocenters. The van der Waals surface area contributed by atoms with Crippen LogP contribution in [0.15, 0.2) is 79.1 Å². The first-order valence-corrected chi connectivity index (χ1v) is 10.2. The van der Waals surface area contributed by atoms with Crippen LogP contribution in [0.5, 0.6) is 0 Å². The van der Waals surface area contributed by atoms with Crippen LogP contribution >= 0.6 is 0 Å². The number of anilines is 1. The van der Waals surface area contributed by atoms with Gasteiger partial charge in [-0.25, -0.2) is 9.97 Å². The Balaban J connectivity index is 1.72. The number of fused-ring (bicyclic) bond motifs is 1. The SMILES string of the molecule is CC(C)(CO)C(CNc1nc(-c2ccncc2)nc2ccccc12)c1ccccc1. The van der Waals surface area contributed by atoms with Gasteiger partial charge in [0.25, 0.3) is 0 Å². The number of hydrogen-bond donors (Lipinski definition) is 2. The van der Waals surface area contributed by atoms with E-state index in [1.54, 1.807) is 12.4 Å². The van der Waals surface area contributed by atoms with Crippen LogP contribution in [-0.4, -0.2) is 33.2 Å². The molecular weight excluding hydrogens is 372 g/mol. The Labute approximate surface area is 176 Å². The third-order valence-electron chi connectivity index (χ3n) is 5.57. The molecule has 2 aromatic carbocycles. The van der Waals surface area contributed by atoms with Crippen molar-refractivity contribution in [1.29, 1.82) is 0 Å². The van der Waals surface area contributed by atoms with Crippen LogP contribution in [0.1, 0.15) is 25.3 Å². The number of aliphatic hydroxyl groups is 1. The van der Waals surface area contributed by atoms with Crippen molar-refractivity contribution in [1.82, 2.24) is 15.0 Å². The van der Waals surface area contributed by atoms with Gasteiger partial charge in [-0.1, -0.05) is 56.3 Å². The minimum atomic E-state index is -0.287. The summed E-state index contributed by atoms with van der Waals surface area (Å²) in [5.41, 5.74) is 2.72. The molecule has 0 saturated heterocycles. The number of benzene rings is 2. The summed E-state index contributed by atoms with van der Waals surface area (Å²) < 4.78 is 0. The zero-order valence-electron chi connectivity index (χ0n) is 17.3. The van der Waals surface area contributed by atoms with E-state index in [2.05, 4.69) is 36.3 Å². The van der Waals surface area contributed by atoms with Gasteiger partial charge < -0.3 is 10.4 Å². The lowest BCUT2D eigenvalue weighted by molar-refractivity contribution is 0.134. The molecule has 2 heterocycles. The summed E-state index contributed by atoms with van der Waals surface area (Å²) in [5, 5.41) is 14.6. The Morgan fingerprint density at radius 3 is 2.33 bits per heavy atom. The van der Waals surface area contributed by atoms with Crippen LogP contribution in [0.25, 0.3) is 22.3 Å². The van der Waals surface area contributed by atoms with Crippen LogP contribution in [0, 0.1) is 5.41 Å². The molecular formula is C25H26N4O. The topological polar surface area (TPSA) is 70.9 Å². The zero-order chi connectivity index (χ0) is 21.0. The van der Waals surface area contributed by atoms with Crippen molar-refractivity contribution in [2.24, 2.45) is 5.41 Å². The lowest BCUT2D eigenvalue weighted by Crippen LogP contribution is -2.31. The van der Waals surface area contributed by atoms with E-state index in [0.29, 0.717) is 12.4 Å². The third kappa shape index (κ3) is 4.16. The molecule has 0 fully saturated rings. The van der Waals surface area contributed by atoms with Gasteiger partial charge in [0.1, 0.15) is 5.82 Å². The first-order chi connectivity index (χ1) is 14.6. The Hall–Kier alpha value is -3.31. The van der Waals surface area contributed by atoms with E-state index in [4.69, 9.17) is 9.97 Å². The summed E-state index contributed by atoms with van der Waals surface area (Å²) in [6, 6.07) is 22.2. The fourth-order valence-corrected chi connectivity index (χ4v) is 3.68. The second-order valence-electron chi connectivity index (χ2n) is 8.14. The first-order valence-electron chi connectivity index (χ1n) is 10.2. The van der Waals surface area contributed by atoms with E-state index in [9.17, 15) is 5.11 Å². The monoisotopic (exact) mass is 398 g/mol. The smallest absolute Gasteiger partial charge is 0.162 e. The average molecular weight is 399 g/mol. The summed E-state index contributed by atoms with van der Waals surface area (Å²) in [4.78, 5) is 13.7. The van der Waals surface area contributed by atoms with E-state index in [1.165, 1.54) is 5.56 Å². The molecule has 0 spiro atoms. The van der Waals surface area contributed by atoms with Crippen molar-refractivity contribution in [2.45, 2.75) is 19.8 Å². The quantitative estimate of drug-likeness (QED) is 0.463. The largest absolute Gasteiger partial charge is 0.396 e. The average Bonchev–Trinajstić information content (AvgIpc) is 2.80. The summed E-state index contributed by atoms with van der Waals surface area (Å²) in [5.74, 6) is 1.57. The highest BCUT2D eigenvalue weighted by Crippen LogP contribution is 2.36. The molecule has 5 nitrogen and oxygen atoms in total. The van der Waals surface area contributed by atoms with Gasteiger partial charge >= 0.3 is 0 Å². The van der Waals surface area contributed by atoms with Crippen LogP contribution < -0.4 is 5.32 Å². The lowest BCUT2D eigenvalue weighted by atomic mass is 9.75. The number of pyridine rings is 1. The summed E-state index contributed by atoms with van der Waals surface area (Å²) in [7, 11) is 0. The molecule has 0 bridgehead atoms. The van der Waals surface area contributed by atoms with E-state index in [-0.39, 0.29) is 17.9 Å². The molecule has 5 heteroatoms. The highest BCUT2D eigenvalue weighted by atomic mass is 16.3. The normalized spacial score (nSPS) is 12.6. The Morgan fingerprint density at radius 1 is 0.900 bits per heavy atom. The maximum absolute atomic E-state index is 10.0. The van der Waals surface area contributed by atoms with Gasteiger partial charge in [0.15, 0.2) is 5.82 Å². The van der Waals surface area contributed by atoms with Gasteiger partial charge in [0.2, 0.25) is 0 Å². The fraction of sp³-hybridized carbons (Fsp3) is 0.240. The predicted octanol–water partition coefficient (Wildman–Crippen LogP) is 4.91. The number of rotatable bonds is 7. The minimum Gasteiger partial charge on any atom is -0.396 e. The van der Waals surface area contributed by atoms with Gasteiger partial charge in [-0.05, 0) is 35.2 Å². The van der Waals surface area contributed by atoms with E-state index < -0.39 is 0 Å². The van der Waals surface area contributed by atoms with Gasteiger partial charge in [-0.3, -0.25) is 4.98 Å². The second kappa shape index (κ2) is 8.59. The zero-order valence-corrected chi connectivity index (χ0v) is 17.3. The minimum absolute atomic E-state index is 0.0982. The van der Waals surface area contributed by atoms with E-state index in [1.807, 2.05) is 54.6 Å². The first kappa shape index (κ1) is 20.0. The molecule has 4 aromatic rings. The third-order valence-corrected chi connectivity index (χ3v) is 5.57. The molecule has 4 rings (SSSR count). The highest BCUT2D eigenvalue weighted by molar-refractivity contribution is 5.90. The van der Waals surface area contributed by atoms with Crippen molar-refractivity contribution in [3.8, 4) is 11.4 Å². The predicted molar refractivity (Wildman–Crippen MR) is 121 cm³/mol. The van der Waals surface area contributed by atoms with Gasteiger partial charge in [-0.2, -0.15) is 0 Å². The second-order valence-corrected chi connectivity index (χ2v) is 8.14. The summed E-state index contributed by atoms with van der Waals surface area (Å²) in [6.07, 6.45) is 3.49. The number of aliphatic hydroxyl groups excluding tert-OH is 1. The number of hydrogen-bond acceptors (Lipinski definition) is 5. The van der Waals surface area contributed by atoms with Gasteiger partial charge in [-0.15, -0.1) is 0 Å². The molecule has 0 aliphatic heterocycles. The number of nitrogens with zero attached hydrogens (tertiary/aromatic N) is 3. The number of para-hydroxylation sites is 1. The lowest BCUT2D eigenvalue weighted by Gasteiger charge is -2.33. The molecule has 0 aliphatic rings. The Bertz CT molecular complexity index is 1110. The molecule has 152 valence electrons. The maximum atomic E-state index is 10.0. The summed E-state index contributed by atoms with van der Waals surface area (Å²) >= 11 is 0. The van der Waals surface area contributed by atoms with Crippen LogP contribution in [0.2, 0.25) is 0 Å². The molecule has 2 aromatic heterocycles. The number of nitrogens with one attached hydrogen (secondary N) is 1. The Kier molecular flexibility index (Phi) is 5.72. The van der Waals surface area contributed by atoms with Crippen LogP contribution in [0.3, 0.4) is 0 Å². The summed E-state index contributed by atoms with van der Waals surface area (Å²) in [6.45, 7) is 4.93. The van der Waals surface area contributed by atoms with Crippen molar-refractivity contribution < 1.29 is 5.11 Å². The molecule has 0 saturated carbocycles. The highest BCUT2D eigenvalue weighted by Gasteiger charge is 2.30. The molecule has 1 atom stereocenters. The van der Waals surface area contributed by atoms with Crippen molar-refractivity contribution in [2.75, 3.05) is 18.5 Å². The standard InChI is InChI=1S/C25H26N4O/c1-25(2,17-30)21(18-8-4-3-5-9-18)16-27-24-20-10-6-7-11-22(20)28-23(29-24)19-12-14-26-15-13-19/h3-15,21,30H,16-17H2,1-2H3,(H,27,28,29). The molecule has 30 heavy (non-hydrogen) atoms. The Morgan fingerprint density at radius 2 is 1.60 bits per heavy atom. The van der Waals surface area contributed by atoms with E-state index >= 15 is 0 Å². The molecule has 0 radical (unpaired) electrons. The van der Waals surface area contributed by atoms with Crippen molar-refractivity contribution >= 4 is 16.7 Å². The van der Waals surface area contributed by atoms with E-state index in [0.717, 1.165) is 22.3 Å². The fourth-order valence-electron chi connectivity index (χ4n) is 3.68.